The van der Waals surface area contributed by atoms with Crippen molar-refractivity contribution in [2.24, 2.45) is 11.8 Å². The minimum absolute atomic E-state index is 0.171. The van der Waals surface area contributed by atoms with Crippen LogP contribution in [0, 0.1) is 18.8 Å². The first-order valence-corrected chi connectivity index (χ1v) is 15.5. The van der Waals surface area contributed by atoms with Gasteiger partial charge in [-0.3, -0.25) is 14.7 Å². The van der Waals surface area contributed by atoms with Gasteiger partial charge in [0.2, 0.25) is 10.0 Å². The van der Waals surface area contributed by atoms with Crippen molar-refractivity contribution in [3.8, 4) is 0 Å². The summed E-state index contributed by atoms with van der Waals surface area (Å²) in [4.78, 5) is 24.6. The molecule has 0 unspecified atom stereocenters. The molecule has 4 rings (SSSR count). The lowest BCUT2D eigenvalue weighted by molar-refractivity contribution is 0.0985. The summed E-state index contributed by atoms with van der Waals surface area (Å²) in [5, 5.41) is 1.14. The number of rotatable bonds is 10. The normalized spacial score (nSPS) is 12.1. The first-order chi connectivity index (χ1) is 18.5. The van der Waals surface area contributed by atoms with Gasteiger partial charge in [0.05, 0.1) is 21.7 Å². The fourth-order valence-electron chi connectivity index (χ4n) is 4.32. The summed E-state index contributed by atoms with van der Waals surface area (Å²) < 4.78 is 29.3. The van der Waals surface area contributed by atoms with Gasteiger partial charge in [-0.25, -0.2) is 13.4 Å². The summed E-state index contributed by atoms with van der Waals surface area (Å²) in [6.07, 6.45) is 3.39. The zero-order chi connectivity index (χ0) is 28.3. The lowest BCUT2D eigenvalue weighted by Gasteiger charge is -2.26. The van der Waals surface area contributed by atoms with Crippen LogP contribution in [0.2, 0.25) is 5.02 Å². The minimum atomic E-state index is -3.70. The molecule has 0 saturated heterocycles. The third-order valence-corrected chi connectivity index (χ3v) is 9.14. The standard InChI is InChI=1S/C29H33ClN4O3S2/c1-19(2)16-33(17-20(3)4)39(36,37)25-10-8-23(9-11-25)28(35)34(18-22-7-6-12-31-15-22)29-32-27-21(5)13-24(30)14-26(27)38-29/h6-15,19-20H,16-18H2,1-5H3. The molecule has 0 spiro atoms. The number of hydrogen-bond acceptors (Lipinski definition) is 6. The number of aromatic nitrogens is 2. The summed E-state index contributed by atoms with van der Waals surface area (Å²) in [6, 6.07) is 13.6. The Labute approximate surface area is 239 Å². The average molecular weight is 585 g/mol. The molecule has 206 valence electrons. The van der Waals surface area contributed by atoms with E-state index < -0.39 is 10.0 Å². The third kappa shape index (κ3) is 6.84. The average Bonchev–Trinajstić information content (AvgIpc) is 3.31. The Morgan fingerprint density at radius 1 is 1.03 bits per heavy atom. The number of aryl methyl sites for hydroxylation is 1. The molecule has 0 radical (unpaired) electrons. The van der Waals surface area contributed by atoms with E-state index in [1.165, 1.54) is 27.8 Å². The maximum Gasteiger partial charge on any atom is 0.260 e. The number of halogens is 1. The molecule has 0 N–H and O–H groups in total. The summed E-state index contributed by atoms with van der Waals surface area (Å²) in [6.45, 7) is 11.1. The molecule has 0 fully saturated rings. The van der Waals surface area contributed by atoms with Crippen molar-refractivity contribution in [3.63, 3.8) is 0 Å². The summed E-state index contributed by atoms with van der Waals surface area (Å²) >= 11 is 7.65. The topological polar surface area (TPSA) is 83.5 Å². The maximum atomic E-state index is 13.9. The van der Waals surface area contributed by atoms with Crippen LogP contribution in [0.1, 0.15) is 49.2 Å². The fourth-order valence-corrected chi connectivity index (χ4v) is 7.50. The summed E-state index contributed by atoms with van der Waals surface area (Å²) in [7, 11) is -3.70. The van der Waals surface area contributed by atoms with Crippen LogP contribution in [0.25, 0.3) is 10.2 Å². The lowest BCUT2D eigenvalue weighted by Crippen LogP contribution is -2.37. The molecule has 0 atom stereocenters. The maximum absolute atomic E-state index is 13.9. The molecule has 0 aliphatic heterocycles. The van der Waals surface area contributed by atoms with E-state index >= 15 is 0 Å². The Hall–Kier alpha value is -2.85. The predicted octanol–water partition coefficient (Wildman–Crippen LogP) is 6.80. The van der Waals surface area contributed by atoms with E-state index in [9.17, 15) is 13.2 Å². The largest absolute Gasteiger partial charge is 0.279 e. The number of fused-ring (bicyclic) bond motifs is 1. The monoisotopic (exact) mass is 584 g/mol. The number of nitrogens with zero attached hydrogens (tertiary/aromatic N) is 4. The molecule has 39 heavy (non-hydrogen) atoms. The highest BCUT2D eigenvalue weighted by Crippen LogP contribution is 2.34. The number of anilines is 1. The first kappa shape index (κ1) is 29.1. The van der Waals surface area contributed by atoms with E-state index in [4.69, 9.17) is 16.6 Å². The van der Waals surface area contributed by atoms with Crippen molar-refractivity contribution in [3.05, 3.63) is 82.6 Å². The van der Waals surface area contributed by atoms with E-state index in [0.29, 0.717) is 28.8 Å². The molecule has 0 bridgehead atoms. The Balaban J connectivity index is 1.69. The molecule has 2 aromatic carbocycles. The SMILES string of the molecule is Cc1cc(Cl)cc2sc(N(Cc3cccnc3)C(=O)c3ccc(S(=O)(=O)N(CC(C)C)CC(C)C)cc3)nc12. The number of hydrogen-bond donors (Lipinski definition) is 0. The minimum Gasteiger partial charge on any atom is -0.279 e. The van der Waals surface area contributed by atoms with Gasteiger partial charge in [-0.2, -0.15) is 4.31 Å². The molecule has 4 aromatic rings. The van der Waals surface area contributed by atoms with E-state index in [-0.39, 0.29) is 29.2 Å². The second kappa shape index (κ2) is 12.1. The quantitative estimate of drug-likeness (QED) is 0.205. The van der Waals surface area contributed by atoms with Gasteiger partial charge in [-0.1, -0.05) is 56.7 Å². The van der Waals surface area contributed by atoms with Gasteiger partial charge in [0.25, 0.3) is 5.91 Å². The Kier molecular flexibility index (Phi) is 9.06. The summed E-state index contributed by atoms with van der Waals surface area (Å²) in [5.41, 5.74) is 2.93. The van der Waals surface area contributed by atoms with Crippen molar-refractivity contribution < 1.29 is 13.2 Å². The number of benzene rings is 2. The molecule has 0 aliphatic rings. The zero-order valence-electron chi connectivity index (χ0n) is 22.8. The first-order valence-electron chi connectivity index (χ1n) is 12.8. The number of sulfonamides is 1. The zero-order valence-corrected chi connectivity index (χ0v) is 25.1. The molecular weight excluding hydrogens is 552 g/mol. The predicted molar refractivity (Wildman–Crippen MR) is 159 cm³/mol. The van der Waals surface area contributed by atoms with Crippen LogP contribution in [-0.2, 0) is 16.6 Å². The van der Waals surface area contributed by atoms with Crippen LogP contribution in [0.5, 0.6) is 0 Å². The Bertz CT molecular complexity index is 1540. The van der Waals surface area contributed by atoms with Crippen molar-refractivity contribution >= 4 is 54.2 Å². The van der Waals surface area contributed by atoms with Gasteiger partial charge in [0.1, 0.15) is 0 Å². The molecule has 0 aliphatic carbocycles. The van der Waals surface area contributed by atoms with Crippen molar-refractivity contribution in [2.45, 2.75) is 46.1 Å². The highest BCUT2D eigenvalue weighted by atomic mass is 35.5. The van der Waals surface area contributed by atoms with Crippen molar-refractivity contribution in [1.82, 2.24) is 14.3 Å². The molecule has 7 nitrogen and oxygen atoms in total. The van der Waals surface area contributed by atoms with Gasteiger partial charge < -0.3 is 0 Å². The number of carbonyl (C=O) groups is 1. The Morgan fingerprint density at radius 3 is 2.28 bits per heavy atom. The highest BCUT2D eigenvalue weighted by molar-refractivity contribution is 7.89. The van der Waals surface area contributed by atoms with Crippen molar-refractivity contribution in [2.75, 3.05) is 18.0 Å². The van der Waals surface area contributed by atoms with Crippen LogP contribution >= 0.6 is 22.9 Å². The highest BCUT2D eigenvalue weighted by Gasteiger charge is 2.27. The number of pyridine rings is 1. The van der Waals surface area contributed by atoms with E-state index in [0.717, 1.165) is 21.3 Å². The lowest BCUT2D eigenvalue weighted by atomic mass is 10.2. The number of thiazole rings is 1. The number of amides is 1. The molecule has 0 saturated carbocycles. The molecule has 10 heteroatoms. The van der Waals surface area contributed by atoms with E-state index in [2.05, 4.69) is 4.98 Å². The second-order valence-corrected chi connectivity index (χ2v) is 13.8. The van der Waals surface area contributed by atoms with Gasteiger partial charge in [0.15, 0.2) is 5.13 Å². The molecule has 2 aromatic heterocycles. The van der Waals surface area contributed by atoms with E-state index in [1.807, 2.05) is 58.9 Å². The number of carbonyl (C=O) groups excluding carboxylic acids is 1. The smallest absolute Gasteiger partial charge is 0.260 e. The summed E-state index contributed by atoms with van der Waals surface area (Å²) in [5.74, 6) is 0.0901. The van der Waals surface area contributed by atoms with Gasteiger partial charge in [0, 0.05) is 36.1 Å². The van der Waals surface area contributed by atoms with Crippen LogP contribution < -0.4 is 4.90 Å². The van der Waals surface area contributed by atoms with Crippen LogP contribution in [0.3, 0.4) is 0 Å². The third-order valence-electron chi connectivity index (χ3n) is 6.06. The van der Waals surface area contributed by atoms with Crippen LogP contribution in [-0.4, -0.2) is 41.7 Å². The van der Waals surface area contributed by atoms with Crippen LogP contribution in [0.15, 0.2) is 65.8 Å². The molecule has 2 heterocycles. The van der Waals surface area contributed by atoms with Crippen LogP contribution in [0.4, 0.5) is 5.13 Å². The van der Waals surface area contributed by atoms with E-state index in [1.54, 1.807) is 29.4 Å². The fraction of sp³-hybridized carbons (Fsp3) is 0.345. The Morgan fingerprint density at radius 2 is 1.69 bits per heavy atom. The van der Waals surface area contributed by atoms with Gasteiger partial charge in [-0.15, -0.1) is 0 Å². The van der Waals surface area contributed by atoms with Gasteiger partial charge >= 0.3 is 0 Å². The second-order valence-electron chi connectivity index (χ2n) is 10.5. The molecule has 1 amide bonds. The van der Waals surface area contributed by atoms with Gasteiger partial charge in [-0.05, 0) is 72.4 Å². The van der Waals surface area contributed by atoms with Crippen molar-refractivity contribution in [1.29, 1.82) is 0 Å². The molecular formula is C29H33ClN4O3S2.